The van der Waals surface area contributed by atoms with Gasteiger partial charge < -0.3 is 9.84 Å². The Hall–Kier alpha value is -0.570. The number of carbonyl (C=O) groups is 1. The number of esters is 1. The summed E-state index contributed by atoms with van der Waals surface area (Å²) in [4.78, 5) is 11.1. The van der Waals surface area contributed by atoms with E-state index in [1.807, 2.05) is 6.92 Å². The summed E-state index contributed by atoms with van der Waals surface area (Å²) in [7, 11) is 0. The number of ether oxygens (including phenoxy) is 1. The third kappa shape index (κ3) is 5.13. The predicted octanol–water partition coefficient (Wildman–Crippen LogP) is 1.35. The Kier molecular flexibility index (Phi) is 6.76. The summed E-state index contributed by atoms with van der Waals surface area (Å²) in [5, 5.41) is 8.40. The lowest BCUT2D eigenvalue weighted by atomic mass is 10.1. The molecule has 0 saturated carbocycles. The van der Waals surface area contributed by atoms with Gasteiger partial charge in [-0.3, -0.25) is 4.79 Å². The molecule has 0 aromatic heterocycles. The van der Waals surface area contributed by atoms with Crippen LogP contribution in [0.2, 0.25) is 0 Å². The Morgan fingerprint density at radius 3 is 2.75 bits per heavy atom. The molecule has 0 aliphatic carbocycles. The van der Waals surface area contributed by atoms with Gasteiger partial charge >= 0.3 is 5.97 Å². The molecule has 0 fully saturated rings. The van der Waals surface area contributed by atoms with Crippen molar-refractivity contribution >= 4 is 5.97 Å². The maximum atomic E-state index is 11.1. The molecule has 12 heavy (non-hydrogen) atoms. The maximum Gasteiger partial charge on any atom is 0.308 e. The highest BCUT2D eigenvalue weighted by Crippen LogP contribution is 2.08. The molecular weight excluding hydrogens is 156 g/mol. The lowest BCUT2D eigenvalue weighted by Gasteiger charge is -2.09. The standard InChI is InChI=1S/C9H18O3/c1-3-4-5-8(2)9(11)12-7-6-10/h8,10H,3-7H2,1-2H3. The zero-order valence-electron chi connectivity index (χ0n) is 7.88. The first kappa shape index (κ1) is 11.4. The number of carbonyl (C=O) groups excluding carboxylic acids is 1. The van der Waals surface area contributed by atoms with Crippen molar-refractivity contribution in [3.8, 4) is 0 Å². The largest absolute Gasteiger partial charge is 0.463 e. The molecule has 0 aromatic rings. The van der Waals surface area contributed by atoms with Crippen molar-refractivity contribution < 1.29 is 14.6 Å². The van der Waals surface area contributed by atoms with Crippen LogP contribution in [0.25, 0.3) is 0 Å². The van der Waals surface area contributed by atoms with Gasteiger partial charge in [-0.05, 0) is 6.42 Å². The van der Waals surface area contributed by atoms with Crippen molar-refractivity contribution in [2.75, 3.05) is 13.2 Å². The van der Waals surface area contributed by atoms with Crippen LogP contribution in [0.1, 0.15) is 33.1 Å². The minimum Gasteiger partial charge on any atom is -0.463 e. The second-order valence-electron chi connectivity index (χ2n) is 2.93. The molecule has 1 unspecified atom stereocenters. The normalized spacial score (nSPS) is 12.6. The van der Waals surface area contributed by atoms with Crippen LogP contribution in [0.5, 0.6) is 0 Å². The van der Waals surface area contributed by atoms with Crippen LogP contribution < -0.4 is 0 Å². The minimum atomic E-state index is -0.197. The highest BCUT2D eigenvalue weighted by Gasteiger charge is 2.12. The van der Waals surface area contributed by atoms with E-state index < -0.39 is 0 Å². The Morgan fingerprint density at radius 2 is 2.25 bits per heavy atom. The summed E-state index contributed by atoms with van der Waals surface area (Å²) in [6.07, 6.45) is 3.02. The van der Waals surface area contributed by atoms with Gasteiger partial charge in [-0.1, -0.05) is 26.7 Å². The van der Waals surface area contributed by atoms with E-state index in [0.717, 1.165) is 19.3 Å². The fourth-order valence-corrected chi connectivity index (χ4v) is 0.917. The first-order chi connectivity index (χ1) is 5.72. The summed E-state index contributed by atoms with van der Waals surface area (Å²) in [6, 6.07) is 0. The number of aliphatic hydroxyl groups excluding tert-OH is 1. The number of hydrogen-bond acceptors (Lipinski definition) is 3. The van der Waals surface area contributed by atoms with Crippen LogP contribution in [0.4, 0.5) is 0 Å². The van der Waals surface area contributed by atoms with Crippen LogP contribution in [0, 0.1) is 5.92 Å². The first-order valence-corrected chi connectivity index (χ1v) is 4.49. The molecule has 0 aliphatic heterocycles. The van der Waals surface area contributed by atoms with Crippen LogP contribution >= 0.6 is 0 Å². The Balaban J connectivity index is 3.47. The van der Waals surface area contributed by atoms with Crippen molar-refractivity contribution in [1.82, 2.24) is 0 Å². The Morgan fingerprint density at radius 1 is 1.58 bits per heavy atom. The van der Waals surface area contributed by atoms with E-state index in [4.69, 9.17) is 9.84 Å². The van der Waals surface area contributed by atoms with Gasteiger partial charge in [0.1, 0.15) is 6.61 Å². The molecule has 0 aliphatic rings. The lowest BCUT2D eigenvalue weighted by Crippen LogP contribution is -2.16. The summed E-state index contributed by atoms with van der Waals surface area (Å²) < 4.78 is 4.76. The molecule has 0 spiro atoms. The second-order valence-corrected chi connectivity index (χ2v) is 2.93. The molecule has 1 N–H and O–H groups in total. The highest BCUT2D eigenvalue weighted by atomic mass is 16.5. The van der Waals surface area contributed by atoms with Gasteiger partial charge in [0.15, 0.2) is 0 Å². The average molecular weight is 174 g/mol. The molecular formula is C9H18O3. The summed E-state index contributed by atoms with van der Waals surface area (Å²) in [5.74, 6) is -0.228. The van der Waals surface area contributed by atoms with E-state index in [1.165, 1.54) is 0 Å². The summed E-state index contributed by atoms with van der Waals surface area (Å²) >= 11 is 0. The fourth-order valence-electron chi connectivity index (χ4n) is 0.917. The van der Waals surface area contributed by atoms with Crippen molar-refractivity contribution in [3.05, 3.63) is 0 Å². The van der Waals surface area contributed by atoms with E-state index in [9.17, 15) is 4.79 Å². The van der Waals surface area contributed by atoms with E-state index in [2.05, 4.69) is 6.92 Å². The predicted molar refractivity (Wildman–Crippen MR) is 46.7 cm³/mol. The summed E-state index contributed by atoms with van der Waals surface area (Å²) in [5.41, 5.74) is 0. The topological polar surface area (TPSA) is 46.5 Å². The maximum absolute atomic E-state index is 11.1. The average Bonchev–Trinajstić information content (AvgIpc) is 2.10. The van der Waals surface area contributed by atoms with Crippen molar-refractivity contribution in [2.45, 2.75) is 33.1 Å². The molecule has 0 rings (SSSR count). The van der Waals surface area contributed by atoms with Crippen LogP contribution in [-0.2, 0) is 9.53 Å². The van der Waals surface area contributed by atoms with Gasteiger partial charge in [-0.25, -0.2) is 0 Å². The number of unbranched alkanes of at least 4 members (excludes halogenated alkanes) is 1. The molecule has 72 valence electrons. The third-order valence-electron chi connectivity index (χ3n) is 1.73. The van der Waals surface area contributed by atoms with Crippen molar-refractivity contribution in [2.24, 2.45) is 5.92 Å². The van der Waals surface area contributed by atoms with E-state index >= 15 is 0 Å². The third-order valence-corrected chi connectivity index (χ3v) is 1.73. The van der Waals surface area contributed by atoms with E-state index in [1.54, 1.807) is 0 Å². The minimum absolute atomic E-state index is 0.0310. The molecule has 0 saturated heterocycles. The number of hydrogen-bond donors (Lipinski definition) is 1. The van der Waals surface area contributed by atoms with Crippen LogP contribution in [-0.4, -0.2) is 24.3 Å². The van der Waals surface area contributed by atoms with Gasteiger partial charge in [0, 0.05) is 0 Å². The zero-order valence-corrected chi connectivity index (χ0v) is 7.88. The number of aliphatic hydroxyl groups is 1. The molecule has 0 heterocycles. The molecule has 0 aromatic carbocycles. The smallest absolute Gasteiger partial charge is 0.308 e. The lowest BCUT2D eigenvalue weighted by molar-refractivity contribution is -0.149. The van der Waals surface area contributed by atoms with Gasteiger partial charge in [0.05, 0.1) is 12.5 Å². The molecule has 0 bridgehead atoms. The SMILES string of the molecule is CCCCC(C)C(=O)OCCO. The van der Waals surface area contributed by atoms with Crippen LogP contribution in [0.15, 0.2) is 0 Å². The Bertz CT molecular complexity index is 123. The molecule has 1 atom stereocenters. The van der Waals surface area contributed by atoms with E-state index in [-0.39, 0.29) is 25.1 Å². The quantitative estimate of drug-likeness (QED) is 0.618. The number of rotatable bonds is 6. The molecule has 0 radical (unpaired) electrons. The zero-order chi connectivity index (χ0) is 9.40. The van der Waals surface area contributed by atoms with Gasteiger partial charge in [0.2, 0.25) is 0 Å². The molecule has 3 heteroatoms. The van der Waals surface area contributed by atoms with E-state index in [0.29, 0.717) is 0 Å². The van der Waals surface area contributed by atoms with Gasteiger partial charge in [-0.15, -0.1) is 0 Å². The van der Waals surface area contributed by atoms with Gasteiger partial charge in [0.25, 0.3) is 0 Å². The second kappa shape index (κ2) is 7.10. The fraction of sp³-hybridized carbons (Fsp3) is 0.889. The van der Waals surface area contributed by atoms with Gasteiger partial charge in [-0.2, -0.15) is 0 Å². The van der Waals surface area contributed by atoms with Crippen LogP contribution in [0.3, 0.4) is 0 Å². The highest BCUT2D eigenvalue weighted by molar-refractivity contribution is 5.71. The molecule has 0 amide bonds. The molecule has 3 nitrogen and oxygen atoms in total. The van der Waals surface area contributed by atoms with Crippen molar-refractivity contribution in [1.29, 1.82) is 0 Å². The van der Waals surface area contributed by atoms with Crippen molar-refractivity contribution in [3.63, 3.8) is 0 Å². The summed E-state index contributed by atoms with van der Waals surface area (Å²) in [6.45, 7) is 3.97. The monoisotopic (exact) mass is 174 g/mol. The first-order valence-electron chi connectivity index (χ1n) is 4.49. The Labute approximate surface area is 73.7 Å².